The van der Waals surface area contributed by atoms with Gasteiger partial charge < -0.3 is 4.74 Å². The summed E-state index contributed by atoms with van der Waals surface area (Å²) in [6.45, 7) is 6.74. The number of esters is 1. The Morgan fingerprint density at radius 1 is 1.47 bits per heavy atom. The van der Waals surface area contributed by atoms with Gasteiger partial charge in [0.05, 0.1) is 30.5 Å². The van der Waals surface area contributed by atoms with Crippen LogP contribution in [0.15, 0.2) is 17.1 Å². The van der Waals surface area contributed by atoms with Crippen LogP contribution in [0, 0.1) is 12.8 Å². The Bertz CT molecular complexity index is 882. The lowest BCUT2D eigenvalue weighted by atomic mass is 10.1. The Morgan fingerprint density at radius 2 is 2.20 bits per heavy atom. The molecule has 2 saturated heterocycles. The van der Waals surface area contributed by atoms with Gasteiger partial charge in [0.25, 0.3) is 0 Å². The number of aryl methyl sites for hydroxylation is 1. The SMILES string of the molecule is Cc1ccn([C@@H]2S[C@@H]3CO[P@](=O)(OCC[C@@H](C)C(=O)OC(C)C)O[C@H]3[C@@H]2F)c(=O)n1. The summed E-state index contributed by atoms with van der Waals surface area (Å²) in [5.41, 5.74) is -0.0209. The van der Waals surface area contributed by atoms with Crippen LogP contribution in [0.1, 0.15) is 38.3 Å². The quantitative estimate of drug-likeness (QED) is 0.445. The van der Waals surface area contributed by atoms with Gasteiger partial charge in [0, 0.05) is 11.9 Å². The van der Waals surface area contributed by atoms with Crippen molar-refractivity contribution in [1.82, 2.24) is 9.55 Å². The lowest BCUT2D eigenvalue weighted by molar-refractivity contribution is -0.152. The molecule has 3 heterocycles. The van der Waals surface area contributed by atoms with Crippen LogP contribution in [0.25, 0.3) is 0 Å². The van der Waals surface area contributed by atoms with E-state index < -0.39 is 42.3 Å². The first-order valence-electron chi connectivity index (χ1n) is 9.73. The zero-order valence-corrected chi connectivity index (χ0v) is 18.9. The van der Waals surface area contributed by atoms with Crippen molar-refractivity contribution in [3.05, 3.63) is 28.4 Å². The molecule has 168 valence electrons. The molecule has 0 aliphatic carbocycles. The largest absolute Gasteiger partial charge is 0.475 e. The van der Waals surface area contributed by atoms with Gasteiger partial charge in [-0.3, -0.25) is 22.9 Å². The molecule has 0 unspecified atom stereocenters. The monoisotopic (exact) mass is 464 g/mol. The fourth-order valence-corrected chi connectivity index (χ4v) is 6.16. The summed E-state index contributed by atoms with van der Waals surface area (Å²) in [5.74, 6) is -0.841. The van der Waals surface area contributed by atoms with Gasteiger partial charge in [0.15, 0.2) is 6.17 Å². The number of halogens is 1. The third kappa shape index (κ3) is 5.31. The molecule has 0 aromatic carbocycles. The molecule has 1 aromatic heterocycles. The minimum atomic E-state index is -3.98. The van der Waals surface area contributed by atoms with E-state index in [4.69, 9.17) is 18.3 Å². The molecule has 0 radical (unpaired) electrons. The normalized spacial score (nSPS) is 32.1. The summed E-state index contributed by atoms with van der Waals surface area (Å²) >= 11 is 1.17. The molecule has 1 aromatic rings. The van der Waals surface area contributed by atoms with Crippen LogP contribution in [-0.4, -0.2) is 52.4 Å². The van der Waals surface area contributed by atoms with E-state index >= 15 is 4.39 Å². The molecule has 3 rings (SSSR count). The Balaban J connectivity index is 1.58. The Hall–Kier alpha value is -1.26. The highest BCUT2D eigenvalue weighted by Crippen LogP contribution is 2.60. The number of carbonyl (C=O) groups is 1. The first-order valence-corrected chi connectivity index (χ1v) is 12.1. The number of nitrogens with zero attached hydrogens (tertiary/aromatic N) is 2. The molecule has 2 fully saturated rings. The summed E-state index contributed by atoms with van der Waals surface area (Å²) in [7, 11) is -3.98. The molecule has 2 aliphatic rings. The van der Waals surface area contributed by atoms with Gasteiger partial charge in [-0.1, -0.05) is 6.92 Å². The van der Waals surface area contributed by atoms with Gasteiger partial charge >= 0.3 is 19.5 Å². The maximum Gasteiger partial charge on any atom is 0.475 e. The average molecular weight is 464 g/mol. The number of rotatable bonds is 7. The number of aromatic nitrogens is 2. The van der Waals surface area contributed by atoms with Gasteiger partial charge in [-0.05, 0) is 33.3 Å². The molecule has 30 heavy (non-hydrogen) atoms. The second kappa shape index (κ2) is 9.48. The van der Waals surface area contributed by atoms with Crippen LogP contribution in [0.2, 0.25) is 0 Å². The fraction of sp³-hybridized carbons (Fsp3) is 0.722. The van der Waals surface area contributed by atoms with Crippen LogP contribution >= 0.6 is 19.6 Å². The maximum absolute atomic E-state index is 15.1. The Morgan fingerprint density at radius 3 is 2.87 bits per heavy atom. The van der Waals surface area contributed by atoms with Gasteiger partial charge in [-0.15, -0.1) is 11.8 Å². The smallest absolute Gasteiger partial charge is 0.463 e. The molecule has 0 amide bonds. The van der Waals surface area contributed by atoms with E-state index in [-0.39, 0.29) is 31.7 Å². The number of hydrogen-bond acceptors (Lipinski definition) is 9. The summed E-state index contributed by atoms with van der Waals surface area (Å²) in [5, 5.41) is -1.30. The zero-order valence-electron chi connectivity index (χ0n) is 17.2. The standard InChI is InChI=1S/C18H26FN2O7PS/c1-10(2)27-17(22)11(3)6-8-25-29(24)26-9-13-15(28-29)14(19)16(30-13)21-7-5-12(4)20-18(21)23/h5,7,10-11,13-16H,6,8-9H2,1-4H3/t11-,13-,14+,15-,16-,29+/m1/s1. The number of hydrogen-bond donors (Lipinski definition) is 0. The number of carbonyl (C=O) groups excluding carboxylic acids is 1. The first-order chi connectivity index (χ1) is 14.1. The van der Waals surface area contributed by atoms with Crippen LogP contribution in [0.3, 0.4) is 0 Å². The second-order valence-electron chi connectivity index (χ2n) is 7.59. The predicted octanol–water partition coefficient (Wildman–Crippen LogP) is 3.02. The van der Waals surface area contributed by atoms with Crippen LogP contribution in [0.4, 0.5) is 4.39 Å². The molecule has 9 nitrogen and oxygen atoms in total. The summed E-state index contributed by atoms with van der Waals surface area (Å²) in [6.07, 6.45) is -1.14. The van der Waals surface area contributed by atoms with Crippen LogP contribution in [-0.2, 0) is 27.7 Å². The number of phosphoric ester groups is 1. The lowest BCUT2D eigenvalue weighted by Crippen LogP contribution is -2.38. The Kier molecular flexibility index (Phi) is 7.40. The van der Waals surface area contributed by atoms with Crippen molar-refractivity contribution in [1.29, 1.82) is 0 Å². The van der Waals surface area contributed by atoms with Gasteiger partial charge in [0.1, 0.15) is 11.5 Å². The van der Waals surface area contributed by atoms with E-state index in [0.717, 1.165) is 0 Å². The van der Waals surface area contributed by atoms with Crippen LogP contribution < -0.4 is 5.69 Å². The second-order valence-corrected chi connectivity index (χ2v) is 10.6. The van der Waals surface area contributed by atoms with Gasteiger partial charge in [-0.25, -0.2) is 13.8 Å². The zero-order chi connectivity index (χ0) is 22.1. The maximum atomic E-state index is 15.1. The molecule has 0 saturated carbocycles. The number of alkyl halides is 1. The van der Waals surface area contributed by atoms with Gasteiger partial charge in [0.2, 0.25) is 0 Å². The number of phosphoric acid groups is 1. The third-order valence-corrected chi connectivity index (χ3v) is 7.70. The van der Waals surface area contributed by atoms with Crippen molar-refractivity contribution in [2.75, 3.05) is 13.2 Å². The summed E-state index contributed by atoms with van der Waals surface area (Å²) in [6, 6.07) is 1.62. The molecule has 12 heteroatoms. The number of fused-ring (bicyclic) bond motifs is 1. The average Bonchev–Trinajstić information content (AvgIpc) is 2.97. The van der Waals surface area contributed by atoms with E-state index in [9.17, 15) is 14.2 Å². The molecule has 6 atom stereocenters. The molecular weight excluding hydrogens is 438 g/mol. The topological polar surface area (TPSA) is 106 Å². The summed E-state index contributed by atoms with van der Waals surface area (Å²) in [4.78, 5) is 27.8. The molecule has 2 aliphatic heterocycles. The summed E-state index contributed by atoms with van der Waals surface area (Å²) < 4.78 is 50.1. The Labute approximate surface area is 178 Å². The minimum Gasteiger partial charge on any atom is -0.463 e. The highest BCUT2D eigenvalue weighted by atomic mass is 32.2. The lowest BCUT2D eigenvalue weighted by Gasteiger charge is -2.31. The van der Waals surface area contributed by atoms with Crippen molar-refractivity contribution in [2.24, 2.45) is 5.92 Å². The van der Waals surface area contributed by atoms with Crippen molar-refractivity contribution in [2.45, 2.75) is 63.1 Å². The van der Waals surface area contributed by atoms with Crippen LogP contribution in [0.5, 0.6) is 0 Å². The van der Waals surface area contributed by atoms with E-state index in [0.29, 0.717) is 5.69 Å². The third-order valence-electron chi connectivity index (χ3n) is 4.71. The first kappa shape index (κ1) is 23.4. The number of ether oxygens (including phenoxy) is 1. The van der Waals surface area contributed by atoms with Crippen molar-refractivity contribution in [3.8, 4) is 0 Å². The van der Waals surface area contributed by atoms with Gasteiger partial charge in [-0.2, -0.15) is 4.98 Å². The fourth-order valence-electron chi connectivity index (χ4n) is 3.09. The minimum absolute atomic E-state index is 0.0392. The van der Waals surface area contributed by atoms with E-state index in [2.05, 4.69) is 4.98 Å². The van der Waals surface area contributed by atoms with Crippen molar-refractivity contribution in [3.63, 3.8) is 0 Å². The highest BCUT2D eigenvalue weighted by molar-refractivity contribution is 8.00. The van der Waals surface area contributed by atoms with E-state index in [1.165, 1.54) is 22.5 Å². The molecule has 0 spiro atoms. The predicted molar refractivity (Wildman–Crippen MR) is 108 cm³/mol. The molecular formula is C18H26FN2O7PS. The van der Waals surface area contributed by atoms with E-state index in [1.807, 2.05) is 0 Å². The van der Waals surface area contributed by atoms with E-state index in [1.54, 1.807) is 33.8 Å². The van der Waals surface area contributed by atoms with Crippen molar-refractivity contribution >= 4 is 25.6 Å². The highest BCUT2D eigenvalue weighted by Gasteiger charge is 2.54. The van der Waals surface area contributed by atoms with Crippen molar-refractivity contribution < 1.29 is 32.1 Å². The number of thioether (sulfide) groups is 1. The molecule has 0 N–H and O–H groups in total. The molecule has 0 bridgehead atoms.